The lowest BCUT2D eigenvalue weighted by Gasteiger charge is -2.33. The van der Waals surface area contributed by atoms with Gasteiger partial charge in [-0.15, -0.1) is 6.58 Å². The molecule has 0 radical (unpaired) electrons. The fraction of sp³-hybridized carbons (Fsp3) is 0.636. The Morgan fingerprint density at radius 3 is 2.75 bits per heavy atom. The monoisotopic (exact) mass is 228 g/mol. The highest BCUT2D eigenvalue weighted by molar-refractivity contribution is 9.09. The van der Waals surface area contributed by atoms with Gasteiger partial charge in [-0.2, -0.15) is 0 Å². The normalized spacial score (nSPS) is 28.8. The maximum absolute atomic E-state index is 4.00. The molecule has 0 fully saturated rings. The van der Waals surface area contributed by atoms with E-state index in [9.17, 15) is 0 Å². The molecule has 0 N–H and O–H groups in total. The Labute approximate surface area is 83.9 Å². The third kappa shape index (κ3) is 2.48. The van der Waals surface area contributed by atoms with Crippen LogP contribution in [0.15, 0.2) is 24.3 Å². The SMILES string of the molecule is C=C(C)CC1(CBr)CC=CCC1. The molecule has 0 saturated heterocycles. The van der Waals surface area contributed by atoms with E-state index in [1.807, 2.05) is 0 Å². The molecule has 1 heteroatoms. The van der Waals surface area contributed by atoms with Crippen LogP contribution in [0.3, 0.4) is 0 Å². The Balaban J connectivity index is 2.61. The lowest BCUT2D eigenvalue weighted by atomic mass is 9.75. The standard InChI is InChI=1S/C11H17Br/c1-10(2)8-11(9-12)6-4-3-5-7-11/h3-4H,1,5-9H2,2H3. The molecule has 0 aromatic heterocycles. The minimum absolute atomic E-state index is 0.473. The van der Waals surface area contributed by atoms with E-state index in [-0.39, 0.29) is 0 Å². The van der Waals surface area contributed by atoms with Gasteiger partial charge in [-0.05, 0) is 38.0 Å². The molecule has 0 aromatic rings. The lowest BCUT2D eigenvalue weighted by Crippen LogP contribution is -2.24. The van der Waals surface area contributed by atoms with E-state index in [4.69, 9.17) is 0 Å². The highest BCUT2D eigenvalue weighted by Gasteiger charge is 2.28. The molecule has 68 valence electrons. The molecule has 0 spiro atoms. The van der Waals surface area contributed by atoms with Gasteiger partial charge in [0, 0.05) is 5.33 Å². The Kier molecular flexibility index (Phi) is 3.57. The quantitative estimate of drug-likeness (QED) is 0.505. The first kappa shape index (κ1) is 10.0. The number of hydrogen-bond donors (Lipinski definition) is 0. The first-order valence-corrected chi connectivity index (χ1v) is 5.66. The zero-order chi connectivity index (χ0) is 9.03. The molecule has 0 amide bonds. The van der Waals surface area contributed by atoms with Crippen LogP contribution in [-0.4, -0.2) is 5.33 Å². The van der Waals surface area contributed by atoms with Gasteiger partial charge in [0.15, 0.2) is 0 Å². The summed E-state index contributed by atoms with van der Waals surface area (Å²) in [5, 5.41) is 1.11. The summed E-state index contributed by atoms with van der Waals surface area (Å²) in [6, 6.07) is 0. The predicted molar refractivity (Wildman–Crippen MR) is 58.6 cm³/mol. The third-order valence-corrected chi connectivity index (χ3v) is 3.71. The third-order valence-electron chi connectivity index (χ3n) is 2.52. The van der Waals surface area contributed by atoms with Crippen LogP contribution >= 0.6 is 15.9 Å². The molecule has 1 rings (SSSR count). The van der Waals surface area contributed by atoms with Gasteiger partial charge in [0.25, 0.3) is 0 Å². The predicted octanol–water partition coefficient (Wildman–Crippen LogP) is 4.07. The zero-order valence-electron chi connectivity index (χ0n) is 7.78. The fourth-order valence-electron chi connectivity index (χ4n) is 1.91. The molecule has 0 heterocycles. The second-order valence-electron chi connectivity index (χ2n) is 3.98. The zero-order valence-corrected chi connectivity index (χ0v) is 9.36. The molecule has 0 saturated carbocycles. The molecular weight excluding hydrogens is 212 g/mol. The average Bonchev–Trinajstić information content (AvgIpc) is 2.05. The summed E-state index contributed by atoms with van der Waals surface area (Å²) < 4.78 is 0. The number of rotatable bonds is 3. The summed E-state index contributed by atoms with van der Waals surface area (Å²) in [6.07, 6.45) is 9.53. The van der Waals surface area contributed by atoms with Gasteiger partial charge in [0.05, 0.1) is 0 Å². The van der Waals surface area contributed by atoms with Crippen molar-refractivity contribution in [2.24, 2.45) is 5.41 Å². The summed E-state index contributed by atoms with van der Waals surface area (Å²) in [6.45, 7) is 6.12. The van der Waals surface area contributed by atoms with Crippen LogP contribution in [0.2, 0.25) is 0 Å². The number of allylic oxidation sites excluding steroid dienone is 3. The molecule has 0 nitrogen and oxygen atoms in total. The Morgan fingerprint density at radius 2 is 2.33 bits per heavy atom. The summed E-state index contributed by atoms with van der Waals surface area (Å²) in [7, 11) is 0. The van der Waals surface area contributed by atoms with Crippen molar-refractivity contribution in [2.75, 3.05) is 5.33 Å². The van der Waals surface area contributed by atoms with Crippen molar-refractivity contribution in [3.8, 4) is 0 Å². The molecule has 0 aliphatic heterocycles. The Morgan fingerprint density at radius 1 is 1.58 bits per heavy atom. The Hall–Kier alpha value is -0.0400. The highest BCUT2D eigenvalue weighted by atomic mass is 79.9. The molecule has 1 aliphatic carbocycles. The first-order valence-electron chi connectivity index (χ1n) is 4.54. The van der Waals surface area contributed by atoms with Crippen LogP contribution in [0.1, 0.15) is 32.6 Å². The molecule has 0 bridgehead atoms. The van der Waals surface area contributed by atoms with E-state index in [0.29, 0.717) is 5.41 Å². The van der Waals surface area contributed by atoms with Crippen molar-refractivity contribution in [1.29, 1.82) is 0 Å². The van der Waals surface area contributed by atoms with Gasteiger partial charge >= 0.3 is 0 Å². The van der Waals surface area contributed by atoms with E-state index in [1.165, 1.54) is 31.3 Å². The molecule has 12 heavy (non-hydrogen) atoms. The van der Waals surface area contributed by atoms with Gasteiger partial charge in [-0.25, -0.2) is 0 Å². The second kappa shape index (κ2) is 4.27. The highest BCUT2D eigenvalue weighted by Crippen LogP contribution is 2.39. The summed E-state index contributed by atoms with van der Waals surface area (Å²) in [5.41, 5.74) is 1.78. The van der Waals surface area contributed by atoms with Crippen LogP contribution in [0.25, 0.3) is 0 Å². The maximum atomic E-state index is 4.00. The van der Waals surface area contributed by atoms with E-state index in [1.54, 1.807) is 0 Å². The van der Waals surface area contributed by atoms with Crippen molar-refractivity contribution in [3.63, 3.8) is 0 Å². The van der Waals surface area contributed by atoms with Gasteiger partial charge in [0.1, 0.15) is 0 Å². The van der Waals surface area contributed by atoms with Crippen LogP contribution in [-0.2, 0) is 0 Å². The summed E-state index contributed by atoms with van der Waals surface area (Å²) in [4.78, 5) is 0. The van der Waals surface area contributed by atoms with Gasteiger partial charge in [0.2, 0.25) is 0 Å². The van der Waals surface area contributed by atoms with E-state index < -0.39 is 0 Å². The summed E-state index contributed by atoms with van der Waals surface area (Å²) >= 11 is 3.62. The molecule has 1 aliphatic rings. The number of halogens is 1. The van der Waals surface area contributed by atoms with Gasteiger partial charge in [-0.3, -0.25) is 0 Å². The molecule has 0 aromatic carbocycles. The van der Waals surface area contributed by atoms with Crippen LogP contribution in [0.4, 0.5) is 0 Å². The summed E-state index contributed by atoms with van der Waals surface area (Å²) in [5.74, 6) is 0. The minimum atomic E-state index is 0.473. The van der Waals surface area contributed by atoms with Crippen molar-refractivity contribution in [3.05, 3.63) is 24.3 Å². The van der Waals surface area contributed by atoms with Gasteiger partial charge in [-0.1, -0.05) is 33.7 Å². The Bertz CT molecular complexity index is 193. The molecule has 1 unspecified atom stereocenters. The fourth-order valence-corrected chi connectivity index (χ4v) is 2.62. The topological polar surface area (TPSA) is 0 Å². The smallest absolute Gasteiger partial charge is 0.00941 e. The van der Waals surface area contributed by atoms with Crippen LogP contribution < -0.4 is 0 Å². The van der Waals surface area contributed by atoms with Crippen molar-refractivity contribution < 1.29 is 0 Å². The van der Waals surface area contributed by atoms with E-state index in [0.717, 1.165) is 5.33 Å². The van der Waals surface area contributed by atoms with Crippen LogP contribution in [0, 0.1) is 5.41 Å². The maximum Gasteiger partial charge on any atom is 0.00941 e. The molecular formula is C11H17Br. The minimum Gasteiger partial charge on any atom is -0.100 e. The van der Waals surface area contributed by atoms with Crippen LogP contribution in [0.5, 0.6) is 0 Å². The largest absolute Gasteiger partial charge is 0.100 e. The number of hydrogen-bond acceptors (Lipinski definition) is 0. The van der Waals surface area contributed by atoms with E-state index in [2.05, 4.69) is 41.6 Å². The average molecular weight is 229 g/mol. The first-order chi connectivity index (χ1) is 5.68. The van der Waals surface area contributed by atoms with Crippen molar-refractivity contribution >= 4 is 15.9 Å². The van der Waals surface area contributed by atoms with Gasteiger partial charge < -0.3 is 0 Å². The van der Waals surface area contributed by atoms with Crippen molar-refractivity contribution in [1.82, 2.24) is 0 Å². The second-order valence-corrected chi connectivity index (χ2v) is 4.54. The number of alkyl halides is 1. The molecule has 1 atom stereocenters. The van der Waals surface area contributed by atoms with E-state index >= 15 is 0 Å². The lowest BCUT2D eigenvalue weighted by molar-refractivity contribution is 0.300. The van der Waals surface area contributed by atoms with Crippen molar-refractivity contribution in [2.45, 2.75) is 32.6 Å².